The molecule has 0 atom stereocenters. The molecular formula is C15H19FN2O2. The van der Waals surface area contributed by atoms with Crippen molar-refractivity contribution < 1.29 is 13.9 Å². The fourth-order valence-corrected chi connectivity index (χ4v) is 2.23. The molecule has 0 spiro atoms. The number of nitrogens with two attached hydrogens (primary N) is 1. The minimum atomic E-state index is -0.274. The molecule has 4 nitrogen and oxygen atoms in total. The minimum Gasteiger partial charge on any atom is -0.489 e. The van der Waals surface area contributed by atoms with Gasteiger partial charge in [0.05, 0.1) is 6.33 Å². The van der Waals surface area contributed by atoms with E-state index in [-0.39, 0.29) is 24.6 Å². The second-order valence-electron chi connectivity index (χ2n) is 5.59. The lowest BCUT2D eigenvalue weighted by Gasteiger charge is -2.32. The van der Waals surface area contributed by atoms with Gasteiger partial charge in [-0.05, 0) is 44.0 Å². The van der Waals surface area contributed by atoms with Gasteiger partial charge in [-0.2, -0.15) is 0 Å². The lowest BCUT2D eigenvalue weighted by Crippen LogP contribution is -2.49. The van der Waals surface area contributed by atoms with Gasteiger partial charge < -0.3 is 15.8 Å². The molecule has 1 aromatic carbocycles. The van der Waals surface area contributed by atoms with Crippen molar-refractivity contribution in [2.24, 2.45) is 5.73 Å². The summed E-state index contributed by atoms with van der Waals surface area (Å²) in [5.41, 5.74) is 7.09. The second kappa shape index (κ2) is 5.63. The molecule has 3 N–H and O–H groups in total. The number of carbonyl (C=O) groups is 1. The van der Waals surface area contributed by atoms with E-state index in [0.29, 0.717) is 23.2 Å². The first-order chi connectivity index (χ1) is 9.45. The average molecular weight is 278 g/mol. The van der Waals surface area contributed by atoms with Crippen LogP contribution in [0.1, 0.15) is 29.8 Å². The number of fused-ring (bicyclic) bond motifs is 1. The molecular weight excluding hydrogens is 259 g/mol. The number of benzene rings is 1. The van der Waals surface area contributed by atoms with Crippen molar-refractivity contribution in [1.82, 2.24) is 5.32 Å². The Hall–Kier alpha value is -1.88. The molecule has 0 aromatic heterocycles. The van der Waals surface area contributed by atoms with Gasteiger partial charge in [0, 0.05) is 23.2 Å². The molecule has 0 saturated carbocycles. The van der Waals surface area contributed by atoms with Gasteiger partial charge in [0.15, 0.2) is 0 Å². The topological polar surface area (TPSA) is 64.3 Å². The predicted molar refractivity (Wildman–Crippen MR) is 75.4 cm³/mol. The summed E-state index contributed by atoms with van der Waals surface area (Å²) in [5, 5.41) is 2.94. The van der Waals surface area contributed by atoms with E-state index in [2.05, 4.69) is 5.32 Å². The highest BCUT2D eigenvalue weighted by Gasteiger charge is 2.29. The number of carbonyl (C=O) groups excluding carboxylic acids is 1. The zero-order chi connectivity index (χ0) is 14.8. The lowest BCUT2D eigenvalue weighted by molar-refractivity contribution is 0.0897. The van der Waals surface area contributed by atoms with Gasteiger partial charge in [0.25, 0.3) is 5.91 Å². The van der Waals surface area contributed by atoms with Crippen molar-refractivity contribution >= 4 is 5.91 Å². The van der Waals surface area contributed by atoms with E-state index in [0.717, 1.165) is 12.0 Å². The molecule has 0 bridgehead atoms. The van der Waals surface area contributed by atoms with Gasteiger partial charge in [0.1, 0.15) is 12.4 Å². The molecule has 0 unspecified atom stereocenters. The van der Waals surface area contributed by atoms with Crippen LogP contribution in [-0.2, 0) is 6.42 Å². The number of halogens is 1. The standard InChI is InChI=1S/C15H19FN2O2/c1-15(2)6-11-5-12(20-9-10(7-16)8-17)3-4-13(11)14(19)18-15/h3-5,7H,6,8-9,17H2,1-2H3,(H,18,19). The Morgan fingerprint density at radius 3 is 2.95 bits per heavy atom. The molecule has 5 heteroatoms. The highest BCUT2D eigenvalue weighted by atomic mass is 19.1. The van der Waals surface area contributed by atoms with Gasteiger partial charge in [-0.25, -0.2) is 4.39 Å². The van der Waals surface area contributed by atoms with Crippen LogP contribution in [0.5, 0.6) is 5.75 Å². The number of amides is 1. The van der Waals surface area contributed by atoms with E-state index in [4.69, 9.17) is 10.5 Å². The van der Waals surface area contributed by atoms with E-state index in [1.807, 2.05) is 19.9 Å². The van der Waals surface area contributed by atoms with Crippen LogP contribution < -0.4 is 15.8 Å². The molecule has 0 saturated heterocycles. The number of rotatable bonds is 4. The van der Waals surface area contributed by atoms with E-state index < -0.39 is 0 Å². The van der Waals surface area contributed by atoms with Crippen molar-refractivity contribution in [3.05, 3.63) is 41.2 Å². The van der Waals surface area contributed by atoms with Crippen molar-refractivity contribution in [3.63, 3.8) is 0 Å². The molecule has 0 radical (unpaired) electrons. The zero-order valence-electron chi connectivity index (χ0n) is 11.7. The maximum absolute atomic E-state index is 12.4. The molecule has 1 aromatic rings. The molecule has 2 rings (SSSR count). The quantitative estimate of drug-likeness (QED) is 0.884. The zero-order valence-corrected chi connectivity index (χ0v) is 11.7. The molecule has 0 aliphatic carbocycles. The molecule has 1 amide bonds. The maximum Gasteiger partial charge on any atom is 0.251 e. The second-order valence-corrected chi connectivity index (χ2v) is 5.59. The van der Waals surface area contributed by atoms with Crippen molar-refractivity contribution in [1.29, 1.82) is 0 Å². The van der Waals surface area contributed by atoms with Gasteiger partial charge in [-0.15, -0.1) is 0 Å². The summed E-state index contributed by atoms with van der Waals surface area (Å²) in [4.78, 5) is 11.9. The van der Waals surface area contributed by atoms with Crippen molar-refractivity contribution in [3.8, 4) is 5.75 Å². The Labute approximate surface area is 117 Å². The summed E-state index contributed by atoms with van der Waals surface area (Å²) >= 11 is 0. The SMILES string of the molecule is CC1(C)Cc2cc(OCC(=CF)CN)ccc2C(=O)N1. The minimum absolute atomic E-state index is 0.0749. The van der Waals surface area contributed by atoms with Gasteiger partial charge in [0.2, 0.25) is 0 Å². The van der Waals surface area contributed by atoms with E-state index in [1.54, 1.807) is 12.1 Å². The number of hydrogen-bond donors (Lipinski definition) is 2. The normalized spacial score (nSPS) is 17.4. The van der Waals surface area contributed by atoms with Crippen LogP contribution in [-0.4, -0.2) is 24.6 Å². The summed E-state index contributed by atoms with van der Waals surface area (Å²) in [6.45, 7) is 4.18. The summed E-state index contributed by atoms with van der Waals surface area (Å²) in [6.07, 6.45) is 1.20. The molecule has 108 valence electrons. The van der Waals surface area contributed by atoms with Crippen LogP contribution in [0.2, 0.25) is 0 Å². The van der Waals surface area contributed by atoms with Gasteiger partial charge in [-0.1, -0.05) is 0 Å². The van der Waals surface area contributed by atoms with Crippen LogP contribution in [0, 0.1) is 0 Å². The largest absolute Gasteiger partial charge is 0.489 e. The van der Waals surface area contributed by atoms with Crippen LogP contribution >= 0.6 is 0 Å². The third-order valence-electron chi connectivity index (χ3n) is 3.25. The van der Waals surface area contributed by atoms with E-state index in [9.17, 15) is 9.18 Å². The van der Waals surface area contributed by atoms with Crippen LogP contribution in [0.3, 0.4) is 0 Å². The van der Waals surface area contributed by atoms with E-state index in [1.165, 1.54) is 0 Å². The number of ether oxygens (including phenoxy) is 1. The Kier molecular flexibility index (Phi) is 4.09. The summed E-state index contributed by atoms with van der Waals surface area (Å²) < 4.78 is 17.9. The number of nitrogens with one attached hydrogen (secondary N) is 1. The van der Waals surface area contributed by atoms with E-state index >= 15 is 0 Å². The Bertz CT molecular complexity index is 553. The van der Waals surface area contributed by atoms with Gasteiger partial charge in [-0.3, -0.25) is 4.79 Å². The highest BCUT2D eigenvalue weighted by Crippen LogP contribution is 2.26. The monoisotopic (exact) mass is 278 g/mol. The first-order valence-electron chi connectivity index (χ1n) is 6.51. The Morgan fingerprint density at radius 2 is 2.30 bits per heavy atom. The van der Waals surface area contributed by atoms with Crippen LogP contribution in [0.25, 0.3) is 0 Å². The van der Waals surface area contributed by atoms with Crippen molar-refractivity contribution in [2.75, 3.05) is 13.2 Å². The summed E-state index contributed by atoms with van der Waals surface area (Å²) in [5.74, 6) is 0.538. The summed E-state index contributed by atoms with van der Waals surface area (Å²) in [6, 6.07) is 5.28. The molecule has 0 fully saturated rings. The number of hydrogen-bond acceptors (Lipinski definition) is 3. The molecule has 1 aliphatic heterocycles. The first kappa shape index (κ1) is 14.5. The smallest absolute Gasteiger partial charge is 0.251 e. The van der Waals surface area contributed by atoms with Crippen LogP contribution in [0.15, 0.2) is 30.1 Å². The van der Waals surface area contributed by atoms with Crippen LogP contribution in [0.4, 0.5) is 4.39 Å². The third kappa shape index (κ3) is 3.17. The Morgan fingerprint density at radius 1 is 1.55 bits per heavy atom. The van der Waals surface area contributed by atoms with Crippen molar-refractivity contribution in [2.45, 2.75) is 25.8 Å². The fourth-order valence-electron chi connectivity index (χ4n) is 2.23. The highest BCUT2D eigenvalue weighted by molar-refractivity contribution is 5.97. The molecule has 1 heterocycles. The van der Waals surface area contributed by atoms with Gasteiger partial charge >= 0.3 is 0 Å². The summed E-state index contributed by atoms with van der Waals surface area (Å²) in [7, 11) is 0. The Balaban J connectivity index is 2.17. The fraction of sp³-hybridized carbons (Fsp3) is 0.400. The first-order valence-corrected chi connectivity index (χ1v) is 6.51. The predicted octanol–water partition coefficient (Wildman–Crippen LogP) is 1.94. The maximum atomic E-state index is 12.4. The molecule has 20 heavy (non-hydrogen) atoms. The lowest BCUT2D eigenvalue weighted by atomic mass is 9.87. The third-order valence-corrected chi connectivity index (χ3v) is 3.25. The average Bonchev–Trinajstić information content (AvgIpc) is 2.38. The molecule has 1 aliphatic rings.